The van der Waals surface area contributed by atoms with Crippen LogP contribution in [-0.2, 0) is 0 Å². The molecule has 4 heteroatoms. The number of nitrogens with one attached hydrogen (secondary N) is 1. The van der Waals surface area contributed by atoms with Crippen molar-refractivity contribution in [2.24, 2.45) is 5.41 Å². The van der Waals surface area contributed by atoms with E-state index < -0.39 is 0 Å². The minimum Gasteiger partial charge on any atom is -0.309 e. The van der Waals surface area contributed by atoms with Crippen molar-refractivity contribution in [3.63, 3.8) is 0 Å². The second-order valence-electron chi connectivity index (χ2n) is 4.76. The molecule has 0 aliphatic carbocycles. The molecule has 0 amide bonds. The molecule has 0 aliphatic rings. The lowest BCUT2D eigenvalue weighted by Gasteiger charge is -2.21. The molecule has 0 aromatic heterocycles. The second kappa shape index (κ2) is 5.99. The van der Waals surface area contributed by atoms with Crippen LogP contribution < -0.4 is 5.32 Å². The van der Waals surface area contributed by atoms with Crippen molar-refractivity contribution < 1.29 is 0 Å². The van der Waals surface area contributed by atoms with Crippen LogP contribution in [0.5, 0.6) is 0 Å². The van der Waals surface area contributed by atoms with Crippen molar-refractivity contribution in [1.29, 1.82) is 5.26 Å². The molecule has 1 N–H and O–H groups in total. The molecular weight excluding hydrogens is 344 g/mol. The average Bonchev–Trinajstić information content (AvgIpc) is 2.26. The number of nitriles is 1. The van der Waals surface area contributed by atoms with Gasteiger partial charge < -0.3 is 5.32 Å². The van der Waals surface area contributed by atoms with E-state index in [4.69, 9.17) is 5.26 Å². The van der Waals surface area contributed by atoms with Gasteiger partial charge in [0.25, 0.3) is 0 Å². The fourth-order valence-electron chi connectivity index (χ4n) is 1.41. The van der Waals surface area contributed by atoms with Gasteiger partial charge in [-0.1, -0.05) is 37.9 Å². The lowest BCUT2D eigenvalue weighted by atomic mass is 9.95. The predicted octanol–water partition coefficient (Wildman–Crippen LogP) is 4.41. The third kappa shape index (κ3) is 4.42. The maximum absolute atomic E-state index is 8.96. The zero-order chi connectivity index (χ0) is 13.1. The number of hydrogen-bond donors (Lipinski definition) is 1. The predicted molar refractivity (Wildman–Crippen MR) is 77.7 cm³/mol. The largest absolute Gasteiger partial charge is 0.309 e. The molecule has 0 spiro atoms. The van der Waals surface area contributed by atoms with Crippen LogP contribution in [0.3, 0.4) is 0 Å². The Morgan fingerprint density at radius 3 is 2.59 bits per heavy atom. The minimum atomic E-state index is -0.337. The van der Waals surface area contributed by atoms with Crippen molar-refractivity contribution in [2.45, 2.75) is 26.8 Å². The molecule has 1 aromatic rings. The second-order valence-corrected chi connectivity index (χ2v) is 6.53. The van der Waals surface area contributed by atoms with Gasteiger partial charge in [0.05, 0.1) is 11.5 Å². The van der Waals surface area contributed by atoms with Crippen molar-refractivity contribution in [3.8, 4) is 6.07 Å². The fourth-order valence-corrected chi connectivity index (χ4v) is 2.80. The molecule has 1 atom stereocenters. The molecular formula is C13H16Br2N2. The summed E-state index contributed by atoms with van der Waals surface area (Å²) in [5.74, 6) is 0. The van der Waals surface area contributed by atoms with Gasteiger partial charge in [-0.25, -0.2) is 0 Å². The normalized spacial score (nSPS) is 13.2. The molecule has 0 bridgehead atoms. The Balaban J connectivity index is 2.71. The average molecular weight is 360 g/mol. The van der Waals surface area contributed by atoms with Crippen molar-refractivity contribution in [3.05, 3.63) is 32.7 Å². The molecule has 0 saturated heterocycles. The summed E-state index contributed by atoms with van der Waals surface area (Å²) >= 11 is 6.98. The number of rotatable bonds is 4. The lowest BCUT2D eigenvalue weighted by molar-refractivity contribution is 0.415. The van der Waals surface area contributed by atoms with Gasteiger partial charge in [0, 0.05) is 21.5 Å². The van der Waals surface area contributed by atoms with E-state index in [1.54, 1.807) is 0 Å². The number of hydrogen-bond acceptors (Lipinski definition) is 2. The van der Waals surface area contributed by atoms with Crippen LogP contribution >= 0.6 is 31.9 Å². The fraction of sp³-hybridized carbons (Fsp3) is 0.462. The van der Waals surface area contributed by atoms with E-state index in [-0.39, 0.29) is 11.5 Å². The van der Waals surface area contributed by atoms with Crippen LogP contribution in [0.25, 0.3) is 0 Å². The first-order valence-electron chi connectivity index (χ1n) is 5.45. The third-order valence-corrected chi connectivity index (χ3v) is 3.76. The first kappa shape index (κ1) is 14.7. The summed E-state index contributed by atoms with van der Waals surface area (Å²) < 4.78 is 2.12. The van der Waals surface area contributed by atoms with Gasteiger partial charge in [0.2, 0.25) is 0 Å². The van der Waals surface area contributed by atoms with Crippen LogP contribution in [-0.4, -0.2) is 6.54 Å². The van der Waals surface area contributed by atoms with Crippen molar-refractivity contribution >= 4 is 31.9 Å². The van der Waals surface area contributed by atoms with Crippen LogP contribution in [0.2, 0.25) is 0 Å². The summed E-state index contributed by atoms with van der Waals surface area (Å²) in [6, 6.07) is 8.63. The molecule has 0 radical (unpaired) electrons. The van der Waals surface area contributed by atoms with Gasteiger partial charge in [0.1, 0.15) is 0 Å². The number of benzene rings is 1. The van der Waals surface area contributed by atoms with Gasteiger partial charge in [-0.2, -0.15) is 5.26 Å². The van der Waals surface area contributed by atoms with E-state index in [1.165, 1.54) is 5.56 Å². The van der Waals surface area contributed by atoms with Gasteiger partial charge in [0.15, 0.2) is 0 Å². The van der Waals surface area contributed by atoms with Crippen molar-refractivity contribution in [1.82, 2.24) is 5.32 Å². The highest BCUT2D eigenvalue weighted by Gasteiger charge is 2.18. The van der Waals surface area contributed by atoms with Gasteiger partial charge in [-0.05, 0) is 38.5 Å². The van der Waals surface area contributed by atoms with E-state index in [1.807, 2.05) is 26.0 Å². The molecule has 2 nitrogen and oxygen atoms in total. The van der Waals surface area contributed by atoms with Crippen LogP contribution in [0.4, 0.5) is 0 Å². The highest BCUT2D eigenvalue weighted by atomic mass is 79.9. The third-order valence-electron chi connectivity index (χ3n) is 2.58. The Kier molecular flexibility index (Phi) is 5.18. The highest BCUT2D eigenvalue weighted by Crippen LogP contribution is 2.27. The summed E-state index contributed by atoms with van der Waals surface area (Å²) in [7, 11) is 0. The highest BCUT2D eigenvalue weighted by molar-refractivity contribution is 9.11. The minimum absolute atomic E-state index is 0.213. The summed E-state index contributed by atoms with van der Waals surface area (Å²) in [6.07, 6.45) is 0. The van der Waals surface area contributed by atoms with E-state index in [9.17, 15) is 0 Å². The summed E-state index contributed by atoms with van der Waals surface area (Å²) in [5.41, 5.74) is 0.859. The van der Waals surface area contributed by atoms with Gasteiger partial charge >= 0.3 is 0 Å². The first-order valence-corrected chi connectivity index (χ1v) is 7.04. The van der Waals surface area contributed by atoms with Crippen LogP contribution in [0.15, 0.2) is 27.1 Å². The van der Waals surface area contributed by atoms with Crippen LogP contribution in [0, 0.1) is 16.7 Å². The van der Waals surface area contributed by atoms with Crippen molar-refractivity contribution in [2.75, 3.05) is 6.54 Å². The monoisotopic (exact) mass is 358 g/mol. The van der Waals surface area contributed by atoms with E-state index in [0.29, 0.717) is 6.54 Å². The smallest absolute Gasteiger partial charge is 0.0697 e. The molecule has 1 aromatic carbocycles. The number of halogens is 2. The Bertz CT molecular complexity index is 436. The summed E-state index contributed by atoms with van der Waals surface area (Å²) in [4.78, 5) is 0. The molecule has 1 unspecified atom stereocenters. The molecule has 0 saturated carbocycles. The van der Waals surface area contributed by atoms with E-state index in [0.717, 1.165) is 8.95 Å². The van der Waals surface area contributed by atoms with Gasteiger partial charge in [-0.3, -0.25) is 0 Å². The standard InChI is InChI=1S/C13H16Br2N2/c1-9(17-8-13(2,3)7-16)11-5-4-10(14)6-12(11)15/h4-6,9,17H,8H2,1-3H3. The molecule has 0 fully saturated rings. The molecule has 0 heterocycles. The van der Waals surface area contributed by atoms with E-state index in [2.05, 4.69) is 56.2 Å². The molecule has 1 rings (SSSR count). The zero-order valence-corrected chi connectivity index (χ0v) is 13.4. The SMILES string of the molecule is CC(NCC(C)(C)C#N)c1ccc(Br)cc1Br. The van der Waals surface area contributed by atoms with Gasteiger partial charge in [-0.15, -0.1) is 0 Å². The lowest BCUT2D eigenvalue weighted by Crippen LogP contribution is -2.30. The number of nitrogens with zero attached hydrogens (tertiary/aromatic N) is 1. The van der Waals surface area contributed by atoms with Crippen LogP contribution in [0.1, 0.15) is 32.4 Å². The van der Waals surface area contributed by atoms with E-state index >= 15 is 0 Å². The molecule has 17 heavy (non-hydrogen) atoms. The molecule has 92 valence electrons. The quantitative estimate of drug-likeness (QED) is 0.864. The maximum Gasteiger partial charge on any atom is 0.0697 e. The molecule has 0 aliphatic heterocycles. The topological polar surface area (TPSA) is 35.8 Å². The summed E-state index contributed by atoms with van der Waals surface area (Å²) in [5, 5.41) is 12.3. The Hall–Kier alpha value is -0.370. The first-order chi connectivity index (χ1) is 7.85. The Labute approximate surface area is 120 Å². The maximum atomic E-state index is 8.96. The zero-order valence-electron chi connectivity index (χ0n) is 10.2. The Morgan fingerprint density at radius 1 is 1.41 bits per heavy atom. The Morgan fingerprint density at radius 2 is 2.06 bits per heavy atom. The summed E-state index contributed by atoms with van der Waals surface area (Å²) in [6.45, 7) is 6.64.